The normalized spacial score (nSPS) is 10.4. The van der Waals surface area contributed by atoms with Crippen molar-refractivity contribution in [1.82, 2.24) is 9.97 Å². The van der Waals surface area contributed by atoms with Gasteiger partial charge in [0.25, 0.3) is 0 Å². The van der Waals surface area contributed by atoms with E-state index < -0.39 is 5.97 Å². The monoisotopic (exact) mass is 235 g/mol. The molecule has 0 saturated carbocycles. The minimum absolute atomic E-state index is 0.0927. The zero-order chi connectivity index (χ0) is 12.6. The number of phenolic OH excluding ortho intramolecular Hbond substituents is 2. The van der Waals surface area contributed by atoms with Gasteiger partial charge in [0.2, 0.25) is 0 Å². The van der Waals surface area contributed by atoms with E-state index in [0.717, 1.165) is 6.07 Å². The van der Waals surface area contributed by atoms with E-state index in [4.69, 9.17) is 5.11 Å². The number of carboxylic acids is 1. The fourth-order valence-electron chi connectivity index (χ4n) is 1.40. The second-order valence-corrected chi connectivity index (χ2v) is 3.31. The summed E-state index contributed by atoms with van der Waals surface area (Å²) in [6, 6.07) is 2.37. The Kier molecular flexibility index (Phi) is 2.43. The molecule has 7 nitrogen and oxygen atoms in total. The molecule has 0 fully saturated rings. The lowest BCUT2D eigenvalue weighted by atomic mass is 10.2. The highest BCUT2D eigenvalue weighted by molar-refractivity contribution is 5.94. The second-order valence-electron chi connectivity index (χ2n) is 3.31. The van der Waals surface area contributed by atoms with Crippen LogP contribution in [0.15, 0.2) is 12.1 Å². The number of benzene rings is 1. The lowest BCUT2D eigenvalue weighted by molar-refractivity contribution is 0.0691. The summed E-state index contributed by atoms with van der Waals surface area (Å²) in [6.45, 7) is 0. The van der Waals surface area contributed by atoms with Crippen LogP contribution in [0.3, 0.4) is 0 Å². The maximum Gasteiger partial charge on any atom is 0.358 e. The van der Waals surface area contributed by atoms with Crippen molar-refractivity contribution in [2.75, 3.05) is 12.4 Å². The fraction of sp³-hybridized carbons (Fsp3) is 0.100. The number of carboxylic acid groups (broad SMARTS) is 1. The molecule has 0 atom stereocenters. The highest BCUT2D eigenvalue weighted by Gasteiger charge is 2.15. The first-order valence-corrected chi connectivity index (χ1v) is 4.67. The zero-order valence-electron chi connectivity index (χ0n) is 8.80. The van der Waals surface area contributed by atoms with E-state index in [9.17, 15) is 15.0 Å². The Labute approximate surface area is 95.4 Å². The molecule has 1 aromatic carbocycles. The third-order valence-corrected chi connectivity index (χ3v) is 2.20. The van der Waals surface area contributed by atoms with Gasteiger partial charge in [-0.3, -0.25) is 0 Å². The Bertz CT molecular complexity index is 612. The Morgan fingerprint density at radius 1 is 1.18 bits per heavy atom. The van der Waals surface area contributed by atoms with Gasteiger partial charge in [0.1, 0.15) is 0 Å². The van der Waals surface area contributed by atoms with Crippen LogP contribution in [0.5, 0.6) is 11.5 Å². The molecular formula is C10H9N3O4. The van der Waals surface area contributed by atoms with Gasteiger partial charge in [-0.15, -0.1) is 0 Å². The van der Waals surface area contributed by atoms with Gasteiger partial charge in [-0.1, -0.05) is 0 Å². The van der Waals surface area contributed by atoms with Gasteiger partial charge < -0.3 is 20.6 Å². The van der Waals surface area contributed by atoms with Crippen molar-refractivity contribution in [3.05, 3.63) is 17.8 Å². The van der Waals surface area contributed by atoms with Gasteiger partial charge in [0, 0.05) is 19.2 Å². The van der Waals surface area contributed by atoms with Crippen LogP contribution in [0.4, 0.5) is 5.82 Å². The molecule has 0 unspecified atom stereocenters. The molecule has 2 rings (SSSR count). The maximum absolute atomic E-state index is 10.9. The maximum atomic E-state index is 10.9. The number of aromatic nitrogens is 2. The number of anilines is 1. The predicted molar refractivity (Wildman–Crippen MR) is 59.4 cm³/mol. The molecule has 0 aliphatic carbocycles. The molecule has 17 heavy (non-hydrogen) atoms. The molecule has 0 bridgehead atoms. The van der Waals surface area contributed by atoms with Crippen LogP contribution in [-0.2, 0) is 0 Å². The Morgan fingerprint density at radius 2 is 1.71 bits per heavy atom. The van der Waals surface area contributed by atoms with Crippen LogP contribution in [0.25, 0.3) is 11.0 Å². The Morgan fingerprint density at radius 3 is 2.18 bits per heavy atom. The summed E-state index contributed by atoms with van der Waals surface area (Å²) in [5, 5.41) is 30.1. The quantitative estimate of drug-likeness (QED) is 0.568. The van der Waals surface area contributed by atoms with Gasteiger partial charge >= 0.3 is 5.97 Å². The van der Waals surface area contributed by atoms with Gasteiger partial charge in [-0.25, -0.2) is 14.8 Å². The number of carbonyl (C=O) groups is 1. The predicted octanol–water partition coefficient (Wildman–Crippen LogP) is 0.781. The number of aromatic carboxylic acids is 1. The summed E-state index contributed by atoms with van der Waals surface area (Å²) < 4.78 is 0. The molecule has 1 heterocycles. The highest BCUT2D eigenvalue weighted by atomic mass is 16.4. The lowest BCUT2D eigenvalue weighted by Gasteiger charge is -2.06. The van der Waals surface area contributed by atoms with Crippen molar-refractivity contribution in [3.63, 3.8) is 0 Å². The largest absolute Gasteiger partial charge is 0.504 e. The van der Waals surface area contributed by atoms with Crippen molar-refractivity contribution in [1.29, 1.82) is 0 Å². The summed E-state index contributed by atoms with van der Waals surface area (Å²) >= 11 is 0. The number of nitrogens with zero attached hydrogens (tertiary/aromatic N) is 2. The summed E-state index contributed by atoms with van der Waals surface area (Å²) in [7, 11) is 1.52. The zero-order valence-corrected chi connectivity index (χ0v) is 8.80. The molecule has 0 aliphatic rings. The standard InChI is InChI=1S/C10H9N3O4/c1-11-9-8(10(16)17)12-4-2-6(14)7(15)3-5(4)13-9/h2-3,14-15H,1H3,(H,11,13)(H,16,17). The average Bonchev–Trinajstić information content (AvgIpc) is 2.29. The third-order valence-electron chi connectivity index (χ3n) is 2.20. The van der Waals surface area contributed by atoms with Gasteiger partial charge in [-0.2, -0.15) is 0 Å². The van der Waals surface area contributed by atoms with Crippen LogP contribution in [-0.4, -0.2) is 38.3 Å². The minimum Gasteiger partial charge on any atom is -0.504 e. The first kappa shape index (κ1) is 10.9. The molecule has 0 aliphatic heterocycles. The number of rotatable bonds is 2. The third kappa shape index (κ3) is 1.78. The first-order chi connectivity index (χ1) is 8.02. The van der Waals surface area contributed by atoms with E-state index >= 15 is 0 Å². The molecule has 0 radical (unpaired) electrons. The Hall–Kier alpha value is -2.57. The van der Waals surface area contributed by atoms with Crippen LogP contribution >= 0.6 is 0 Å². The smallest absolute Gasteiger partial charge is 0.358 e. The van der Waals surface area contributed by atoms with E-state index in [1.807, 2.05) is 0 Å². The Balaban J connectivity index is 2.78. The molecule has 0 spiro atoms. The number of hydrogen-bond acceptors (Lipinski definition) is 6. The van der Waals surface area contributed by atoms with Crippen LogP contribution < -0.4 is 5.32 Å². The number of phenols is 2. The molecular weight excluding hydrogens is 226 g/mol. The summed E-state index contributed by atoms with van der Waals surface area (Å²) in [5.74, 6) is -1.84. The van der Waals surface area contributed by atoms with E-state index in [1.165, 1.54) is 13.1 Å². The topological polar surface area (TPSA) is 116 Å². The first-order valence-electron chi connectivity index (χ1n) is 4.67. The average molecular weight is 235 g/mol. The number of aromatic hydroxyl groups is 2. The molecule has 4 N–H and O–H groups in total. The summed E-state index contributed by atoms with van der Waals surface area (Å²) in [6.07, 6.45) is 0. The van der Waals surface area contributed by atoms with E-state index in [1.54, 1.807) is 0 Å². The van der Waals surface area contributed by atoms with E-state index in [0.29, 0.717) is 0 Å². The summed E-state index contributed by atoms with van der Waals surface area (Å²) in [4.78, 5) is 18.8. The van der Waals surface area contributed by atoms with Crippen molar-refractivity contribution in [2.24, 2.45) is 0 Å². The fourth-order valence-corrected chi connectivity index (χ4v) is 1.40. The SMILES string of the molecule is CNc1nc2cc(O)c(O)cc2nc1C(=O)O. The van der Waals surface area contributed by atoms with E-state index in [-0.39, 0.29) is 34.0 Å². The number of hydrogen-bond donors (Lipinski definition) is 4. The lowest BCUT2D eigenvalue weighted by Crippen LogP contribution is -2.08. The summed E-state index contributed by atoms with van der Waals surface area (Å²) in [5.41, 5.74) is 0.233. The molecule has 0 amide bonds. The molecule has 88 valence electrons. The van der Waals surface area contributed by atoms with Crippen LogP contribution in [0.1, 0.15) is 10.5 Å². The van der Waals surface area contributed by atoms with E-state index in [2.05, 4.69) is 15.3 Å². The van der Waals surface area contributed by atoms with Gasteiger partial charge in [0.15, 0.2) is 23.0 Å². The van der Waals surface area contributed by atoms with Gasteiger partial charge in [-0.05, 0) is 0 Å². The molecule has 2 aromatic rings. The number of fused-ring (bicyclic) bond motifs is 1. The molecule has 7 heteroatoms. The van der Waals surface area contributed by atoms with Crippen molar-refractivity contribution in [3.8, 4) is 11.5 Å². The minimum atomic E-state index is -1.23. The van der Waals surface area contributed by atoms with Crippen molar-refractivity contribution in [2.45, 2.75) is 0 Å². The van der Waals surface area contributed by atoms with Gasteiger partial charge in [0.05, 0.1) is 11.0 Å². The number of nitrogens with one attached hydrogen (secondary N) is 1. The molecule has 0 saturated heterocycles. The van der Waals surface area contributed by atoms with Crippen LogP contribution in [0, 0.1) is 0 Å². The second kappa shape index (κ2) is 3.78. The van der Waals surface area contributed by atoms with Crippen molar-refractivity contribution >= 4 is 22.8 Å². The highest BCUT2D eigenvalue weighted by Crippen LogP contribution is 2.29. The van der Waals surface area contributed by atoms with Crippen LogP contribution in [0.2, 0.25) is 0 Å². The van der Waals surface area contributed by atoms with Crippen molar-refractivity contribution < 1.29 is 20.1 Å². The molecule has 1 aromatic heterocycles.